The maximum absolute atomic E-state index is 11.4. The van der Waals surface area contributed by atoms with E-state index in [-0.39, 0.29) is 23.4 Å². The lowest BCUT2D eigenvalue weighted by Gasteiger charge is -2.34. The third kappa shape index (κ3) is 3.16. The van der Waals surface area contributed by atoms with E-state index in [4.69, 9.17) is 9.47 Å². The van der Waals surface area contributed by atoms with Crippen molar-refractivity contribution in [3.8, 4) is 5.75 Å². The van der Waals surface area contributed by atoms with Gasteiger partial charge in [0.15, 0.2) is 11.9 Å². The summed E-state index contributed by atoms with van der Waals surface area (Å²) in [5.41, 5.74) is 1.32. The fourth-order valence-corrected chi connectivity index (χ4v) is 2.16. The van der Waals surface area contributed by atoms with E-state index in [0.29, 0.717) is 13.0 Å². The lowest BCUT2D eigenvalue weighted by atomic mass is 9.87. The average Bonchev–Trinajstić information content (AvgIpc) is 2.35. The van der Waals surface area contributed by atoms with Crippen molar-refractivity contribution in [1.82, 2.24) is 0 Å². The number of hydrogen-bond donors (Lipinski definition) is 0. The lowest BCUT2D eigenvalue weighted by molar-refractivity contribution is -0.154. The van der Waals surface area contributed by atoms with Gasteiger partial charge in [0, 0.05) is 13.0 Å². The number of hydrogen-bond acceptors (Lipinski definition) is 3. The van der Waals surface area contributed by atoms with Crippen LogP contribution in [-0.2, 0) is 14.9 Å². The molecule has 2 atom stereocenters. The van der Waals surface area contributed by atoms with E-state index in [1.807, 2.05) is 25.1 Å². The normalized spacial score (nSPS) is 23.1. The molecule has 0 saturated heterocycles. The third-order valence-corrected chi connectivity index (χ3v) is 3.39. The van der Waals surface area contributed by atoms with Crippen molar-refractivity contribution in [1.29, 1.82) is 0 Å². The number of rotatable bonds is 4. The fraction of sp³-hybridized carbons (Fsp3) is 0.562. The molecule has 0 spiro atoms. The minimum atomic E-state index is -0.386. The van der Waals surface area contributed by atoms with Gasteiger partial charge in [-0.3, -0.25) is 4.79 Å². The second kappa shape index (κ2) is 5.33. The maximum Gasteiger partial charge on any atom is 0.169 e. The Hall–Kier alpha value is -1.35. The van der Waals surface area contributed by atoms with Gasteiger partial charge in [0.25, 0.3) is 0 Å². The van der Waals surface area contributed by atoms with Crippen molar-refractivity contribution in [3.63, 3.8) is 0 Å². The molecule has 1 aromatic rings. The Bertz CT molecular complexity index is 459. The SMILES string of the molecule is CCOC1C(=O)CC1Oc1cccc(C(C)(C)C)c1. The highest BCUT2D eigenvalue weighted by molar-refractivity contribution is 5.90. The average molecular weight is 262 g/mol. The number of Topliss-reactive ketones (excluding diaryl/α,β-unsaturated/α-hetero) is 1. The first-order chi connectivity index (χ1) is 8.91. The molecule has 0 aromatic heterocycles. The molecule has 19 heavy (non-hydrogen) atoms. The van der Waals surface area contributed by atoms with Crippen LogP contribution in [0.5, 0.6) is 5.75 Å². The zero-order chi connectivity index (χ0) is 14.0. The Labute approximate surface area is 114 Å². The van der Waals surface area contributed by atoms with Crippen LogP contribution in [0, 0.1) is 0 Å². The van der Waals surface area contributed by atoms with Gasteiger partial charge in [-0.25, -0.2) is 0 Å². The molecule has 0 bridgehead atoms. The Morgan fingerprint density at radius 1 is 1.32 bits per heavy atom. The van der Waals surface area contributed by atoms with E-state index in [1.165, 1.54) is 5.56 Å². The number of ketones is 1. The summed E-state index contributed by atoms with van der Waals surface area (Å²) >= 11 is 0. The second-order valence-corrected chi connectivity index (χ2v) is 5.98. The predicted molar refractivity (Wildman–Crippen MR) is 74.6 cm³/mol. The van der Waals surface area contributed by atoms with Crippen molar-refractivity contribution in [2.24, 2.45) is 0 Å². The van der Waals surface area contributed by atoms with Crippen LogP contribution in [0.25, 0.3) is 0 Å². The van der Waals surface area contributed by atoms with Gasteiger partial charge in [0.1, 0.15) is 11.9 Å². The Kier molecular flexibility index (Phi) is 3.95. The molecule has 1 aromatic carbocycles. The molecular formula is C16H22O3. The first-order valence-electron chi connectivity index (χ1n) is 6.83. The molecule has 3 heteroatoms. The monoisotopic (exact) mass is 262 g/mol. The standard InChI is InChI=1S/C16H22O3/c1-5-18-15-13(17)10-14(15)19-12-8-6-7-11(9-12)16(2,3)4/h6-9,14-15H,5,10H2,1-4H3. The summed E-state index contributed by atoms with van der Waals surface area (Å²) in [6.45, 7) is 8.94. The highest BCUT2D eigenvalue weighted by Gasteiger charge is 2.42. The van der Waals surface area contributed by atoms with Gasteiger partial charge < -0.3 is 9.47 Å². The summed E-state index contributed by atoms with van der Waals surface area (Å²) in [4.78, 5) is 11.4. The minimum Gasteiger partial charge on any atom is -0.487 e. The van der Waals surface area contributed by atoms with Crippen LogP contribution in [0.2, 0.25) is 0 Å². The first kappa shape index (κ1) is 14.1. The molecule has 0 amide bonds. The van der Waals surface area contributed by atoms with Crippen LogP contribution in [0.15, 0.2) is 24.3 Å². The van der Waals surface area contributed by atoms with Gasteiger partial charge in [0.2, 0.25) is 0 Å². The van der Waals surface area contributed by atoms with Gasteiger partial charge in [0.05, 0.1) is 0 Å². The van der Waals surface area contributed by atoms with Crippen molar-refractivity contribution in [2.75, 3.05) is 6.61 Å². The van der Waals surface area contributed by atoms with E-state index < -0.39 is 0 Å². The Morgan fingerprint density at radius 2 is 2.05 bits per heavy atom. The van der Waals surface area contributed by atoms with Crippen molar-refractivity contribution in [3.05, 3.63) is 29.8 Å². The van der Waals surface area contributed by atoms with E-state index in [9.17, 15) is 4.79 Å². The second-order valence-electron chi connectivity index (χ2n) is 5.98. The molecule has 1 fully saturated rings. The zero-order valence-electron chi connectivity index (χ0n) is 12.1. The van der Waals surface area contributed by atoms with Crippen LogP contribution in [-0.4, -0.2) is 24.6 Å². The van der Waals surface area contributed by atoms with Gasteiger partial charge in [-0.2, -0.15) is 0 Å². The van der Waals surface area contributed by atoms with Crippen LogP contribution < -0.4 is 4.74 Å². The topological polar surface area (TPSA) is 35.5 Å². The van der Waals surface area contributed by atoms with E-state index in [1.54, 1.807) is 0 Å². The van der Waals surface area contributed by atoms with Crippen LogP contribution >= 0.6 is 0 Å². The number of ether oxygens (including phenoxy) is 2. The van der Waals surface area contributed by atoms with Crippen molar-refractivity contribution in [2.45, 2.75) is 51.7 Å². The molecule has 1 aliphatic carbocycles. The molecule has 0 aliphatic heterocycles. The molecular weight excluding hydrogens is 240 g/mol. The van der Waals surface area contributed by atoms with E-state index in [2.05, 4.69) is 26.8 Å². The molecule has 0 radical (unpaired) electrons. The Balaban J connectivity index is 2.06. The van der Waals surface area contributed by atoms with E-state index in [0.717, 1.165) is 5.75 Å². The highest BCUT2D eigenvalue weighted by Crippen LogP contribution is 2.29. The van der Waals surface area contributed by atoms with Gasteiger partial charge >= 0.3 is 0 Å². The van der Waals surface area contributed by atoms with Gasteiger partial charge in [-0.15, -0.1) is 0 Å². The Morgan fingerprint density at radius 3 is 2.63 bits per heavy atom. The minimum absolute atomic E-state index is 0.0914. The zero-order valence-corrected chi connectivity index (χ0v) is 12.1. The summed E-state index contributed by atoms with van der Waals surface area (Å²) in [6, 6.07) is 8.07. The number of carbonyl (C=O) groups excluding carboxylic acids is 1. The summed E-state index contributed by atoms with van der Waals surface area (Å²) in [6.07, 6.45) is -0.0734. The van der Waals surface area contributed by atoms with Gasteiger partial charge in [-0.05, 0) is 30.0 Å². The molecule has 3 nitrogen and oxygen atoms in total. The summed E-state index contributed by atoms with van der Waals surface area (Å²) in [5.74, 6) is 0.952. The number of carbonyl (C=O) groups is 1. The van der Waals surface area contributed by atoms with Crippen LogP contribution in [0.1, 0.15) is 39.7 Å². The smallest absolute Gasteiger partial charge is 0.169 e. The van der Waals surface area contributed by atoms with Crippen LogP contribution in [0.3, 0.4) is 0 Å². The largest absolute Gasteiger partial charge is 0.487 e. The van der Waals surface area contributed by atoms with Crippen molar-refractivity contribution >= 4 is 5.78 Å². The molecule has 0 heterocycles. The molecule has 2 unspecified atom stereocenters. The lowest BCUT2D eigenvalue weighted by Crippen LogP contribution is -2.52. The number of benzene rings is 1. The summed E-state index contributed by atoms with van der Waals surface area (Å²) < 4.78 is 11.3. The van der Waals surface area contributed by atoms with Crippen LogP contribution in [0.4, 0.5) is 0 Å². The predicted octanol–water partition coefficient (Wildman–Crippen LogP) is 3.11. The molecule has 1 aliphatic rings. The maximum atomic E-state index is 11.4. The molecule has 104 valence electrons. The summed E-state index contributed by atoms with van der Waals surface area (Å²) in [5, 5.41) is 0. The molecule has 2 rings (SSSR count). The first-order valence-corrected chi connectivity index (χ1v) is 6.83. The molecule has 0 N–H and O–H groups in total. The summed E-state index contributed by atoms with van der Waals surface area (Å²) in [7, 11) is 0. The van der Waals surface area contributed by atoms with Gasteiger partial charge in [-0.1, -0.05) is 32.9 Å². The third-order valence-electron chi connectivity index (χ3n) is 3.39. The van der Waals surface area contributed by atoms with Crippen molar-refractivity contribution < 1.29 is 14.3 Å². The van der Waals surface area contributed by atoms with E-state index >= 15 is 0 Å². The highest BCUT2D eigenvalue weighted by atomic mass is 16.5. The fourth-order valence-electron chi connectivity index (χ4n) is 2.16. The quantitative estimate of drug-likeness (QED) is 0.836. The molecule has 1 saturated carbocycles.